The number of rotatable bonds is 4. The van der Waals surface area contributed by atoms with Gasteiger partial charge in [0.05, 0.1) is 12.0 Å². The molecule has 1 saturated heterocycles. The van der Waals surface area contributed by atoms with Gasteiger partial charge in [-0.25, -0.2) is 0 Å². The molecule has 1 spiro atoms. The zero-order chi connectivity index (χ0) is 18.7. The molecule has 1 N–H and O–H groups in total. The van der Waals surface area contributed by atoms with Crippen LogP contribution in [-0.2, 0) is 11.2 Å². The van der Waals surface area contributed by atoms with Crippen LogP contribution in [-0.4, -0.2) is 45.8 Å². The molecule has 2 aromatic rings. The average Bonchev–Trinajstić information content (AvgIpc) is 2.68. The van der Waals surface area contributed by atoms with Gasteiger partial charge in [-0.3, -0.25) is 19.6 Å². The zero-order valence-corrected chi connectivity index (χ0v) is 15.3. The maximum Gasteiger partial charge on any atom is 0.253 e. The molecule has 3 heterocycles. The Kier molecular flexibility index (Phi) is 4.88. The quantitative estimate of drug-likeness (QED) is 0.903. The molecule has 0 aromatic carbocycles. The first-order valence-corrected chi connectivity index (χ1v) is 9.52. The van der Waals surface area contributed by atoms with Crippen molar-refractivity contribution in [1.29, 1.82) is 0 Å². The number of aromatic nitrogens is 2. The molecular weight excluding hydrogens is 340 g/mol. The van der Waals surface area contributed by atoms with E-state index in [4.69, 9.17) is 0 Å². The fraction of sp³-hybridized carbons (Fsp3) is 0.429. The summed E-state index contributed by atoms with van der Waals surface area (Å²) in [6.07, 6.45) is 9.39. The van der Waals surface area contributed by atoms with E-state index in [0.29, 0.717) is 12.0 Å². The van der Waals surface area contributed by atoms with Crippen molar-refractivity contribution in [1.82, 2.24) is 20.2 Å². The Morgan fingerprint density at radius 3 is 2.59 bits per heavy atom. The fourth-order valence-electron chi connectivity index (χ4n) is 4.26. The Balaban J connectivity index is 1.23. The van der Waals surface area contributed by atoms with E-state index >= 15 is 0 Å². The van der Waals surface area contributed by atoms with Crippen LogP contribution in [0.4, 0.5) is 0 Å². The highest BCUT2D eigenvalue weighted by atomic mass is 16.2. The second-order valence-electron chi connectivity index (χ2n) is 7.70. The molecule has 2 amide bonds. The van der Waals surface area contributed by atoms with Gasteiger partial charge in [-0.2, -0.15) is 0 Å². The normalized spacial score (nSPS) is 18.7. The van der Waals surface area contributed by atoms with E-state index in [2.05, 4.69) is 15.3 Å². The number of hydrogen-bond acceptors (Lipinski definition) is 4. The number of pyridine rings is 2. The van der Waals surface area contributed by atoms with Gasteiger partial charge in [-0.1, -0.05) is 6.07 Å². The van der Waals surface area contributed by atoms with Crippen LogP contribution in [0.5, 0.6) is 0 Å². The van der Waals surface area contributed by atoms with Crippen LogP contribution < -0.4 is 5.32 Å². The lowest BCUT2D eigenvalue weighted by atomic mass is 9.60. The monoisotopic (exact) mass is 364 g/mol. The first kappa shape index (κ1) is 17.6. The van der Waals surface area contributed by atoms with E-state index in [1.165, 1.54) is 0 Å². The number of amides is 2. The van der Waals surface area contributed by atoms with Crippen LogP contribution in [0.15, 0.2) is 48.9 Å². The number of carbonyl (C=O) groups excluding carboxylic acids is 2. The number of nitrogens with zero attached hydrogens (tertiary/aromatic N) is 3. The number of piperidine rings is 1. The predicted octanol–water partition coefficient (Wildman–Crippen LogP) is 2.22. The highest BCUT2D eigenvalue weighted by molar-refractivity contribution is 5.94. The molecular formula is C21H24N4O2. The Morgan fingerprint density at radius 2 is 1.93 bits per heavy atom. The molecule has 1 aliphatic heterocycles. The van der Waals surface area contributed by atoms with Crippen molar-refractivity contribution in [3.8, 4) is 0 Å². The Labute approximate surface area is 159 Å². The summed E-state index contributed by atoms with van der Waals surface area (Å²) in [4.78, 5) is 34.9. The lowest BCUT2D eigenvalue weighted by Crippen LogP contribution is -2.55. The van der Waals surface area contributed by atoms with Crippen LogP contribution in [0.3, 0.4) is 0 Å². The fourth-order valence-corrected chi connectivity index (χ4v) is 4.26. The van der Waals surface area contributed by atoms with Crippen molar-refractivity contribution in [2.75, 3.05) is 13.1 Å². The molecule has 140 valence electrons. The second-order valence-corrected chi connectivity index (χ2v) is 7.70. The molecule has 2 fully saturated rings. The van der Waals surface area contributed by atoms with Crippen LogP contribution in [0, 0.1) is 5.41 Å². The molecule has 4 rings (SSSR count). The summed E-state index contributed by atoms with van der Waals surface area (Å²) in [6, 6.07) is 9.45. The molecule has 0 atom stereocenters. The molecule has 1 aliphatic carbocycles. The molecule has 0 bridgehead atoms. The van der Waals surface area contributed by atoms with Crippen molar-refractivity contribution in [3.05, 3.63) is 60.2 Å². The third-order valence-corrected chi connectivity index (χ3v) is 5.85. The molecule has 2 aliphatic rings. The van der Waals surface area contributed by atoms with Gasteiger partial charge in [0.25, 0.3) is 5.91 Å². The Hall–Kier alpha value is -2.76. The van der Waals surface area contributed by atoms with E-state index in [1.54, 1.807) is 30.7 Å². The second kappa shape index (κ2) is 7.47. The van der Waals surface area contributed by atoms with Gasteiger partial charge < -0.3 is 10.2 Å². The average molecular weight is 364 g/mol. The van der Waals surface area contributed by atoms with Gasteiger partial charge in [0.15, 0.2) is 0 Å². The maximum absolute atomic E-state index is 12.5. The summed E-state index contributed by atoms with van der Waals surface area (Å²) in [5, 5.41) is 3.10. The zero-order valence-electron chi connectivity index (χ0n) is 15.3. The summed E-state index contributed by atoms with van der Waals surface area (Å²) < 4.78 is 0. The molecule has 0 radical (unpaired) electrons. The minimum atomic E-state index is -0.0501. The van der Waals surface area contributed by atoms with E-state index in [0.717, 1.165) is 44.5 Å². The predicted molar refractivity (Wildman–Crippen MR) is 101 cm³/mol. The van der Waals surface area contributed by atoms with E-state index < -0.39 is 0 Å². The van der Waals surface area contributed by atoms with Crippen LogP contribution in [0.2, 0.25) is 0 Å². The lowest BCUT2D eigenvalue weighted by molar-refractivity contribution is -0.134. The molecule has 27 heavy (non-hydrogen) atoms. The Bertz CT molecular complexity index is 793. The summed E-state index contributed by atoms with van der Waals surface area (Å²) in [6.45, 7) is 1.60. The van der Waals surface area contributed by atoms with Crippen molar-refractivity contribution in [2.24, 2.45) is 5.41 Å². The van der Waals surface area contributed by atoms with E-state index in [9.17, 15) is 9.59 Å². The SMILES string of the molecule is O=C(NC1CC2(CCN(C(=O)Cc3ccccn3)CC2)C1)c1cccnc1. The number of likely N-dealkylation sites (tertiary alicyclic amines) is 1. The summed E-state index contributed by atoms with van der Waals surface area (Å²) in [5.41, 5.74) is 1.72. The Morgan fingerprint density at radius 1 is 1.11 bits per heavy atom. The molecule has 6 nitrogen and oxygen atoms in total. The highest BCUT2D eigenvalue weighted by Crippen LogP contribution is 2.49. The first-order chi connectivity index (χ1) is 13.1. The third-order valence-electron chi connectivity index (χ3n) is 5.85. The maximum atomic E-state index is 12.5. The minimum Gasteiger partial charge on any atom is -0.349 e. The van der Waals surface area contributed by atoms with Crippen molar-refractivity contribution in [3.63, 3.8) is 0 Å². The van der Waals surface area contributed by atoms with Gasteiger partial charge in [0.1, 0.15) is 0 Å². The van der Waals surface area contributed by atoms with Gasteiger partial charge in [-0.15, -0.1) is 0 Å². The summed E-state index contributed by atoms with van der Waals surface area (Å²) >= 11 is 0. The van der Waals surface area contributed by atoms with Crippen LogP contribution in [0.25, 0.3) is 0 Å². The van der Waals surface area contributed by atoms with Crippen molar-refractivity contribution in [2.45, 2.75) is 38.1 Å². The van der Waals surface area contributed by atoms with Crippen molar-refractivity contribution >= 4 is 11.8 Å². The summed E-state index contributed by atoms with van der Waals surface area (Å²) in [5.74, 6) is 0.107. The molecule has 1 saturated carbocycles. The largest absolute Gasteiger partial charge is 0.349 e. The van der Waals surface area contributed by atoms with E-state index in [-0.39, 0.29) is 23.3 Å². The minimum absolute atomic E-state index is 0.0501. The van der Waals surface area contributed by atoms with Crippen molar-refractivity contribution < 1.29 is 9.59 Å². The molecule has 0 unspecified atom stereocenters. The van der Waals surface area contributed by atoms with E-state index in [1.807, 2.05) is 23.1 Å². The molecule has 6 heteroatoms. The smallest absolute Gasteiger partial charge is 0.253 e. The van der Waals surface area contributed by atoms with Crippen LogP contribution in [0.1, 0.15) is 41.7 Å². The standard InChI is InChI=1S/C21H24N4O2/c26-19(12-17-5-1-2-9-23-17)25-10-6-21(7-11-25)13-18(14-21)24-20(27)16-4-3-8-22-15-16/h1-5,8-9,15,18H,6-7,10-14H2,(H,24,27). The van der Waals surface area contributed by atoms with Gasteiger partial charge in [-0.05, 0) is 55.4 Å². The first-order valence-electron chi connectivity index (χ1n) is 9.52. The number of hydrogen-bond donors (Lipinski definition) is 1. The summed E-state index contributed by atoms with van der Waals surface area (Å²) in [7, 11) is 0. The topological polar surface area (TPSA) is 75.2 Å². The van der Waals surface area contributed by atoms with Gasteiger partial charge >= 0.3 is 0 Å². The third kappa shape index (κ3) is 3.99. The van der Waals surface area contributed by atoms with Gasteiger partial charge in [0.2, 0.25) is 5.91 Å². The van der Waals surface area contributed by atoms with Gasteiger partial charge in [0, 0.05) is 43.4 Å². The number of nitrogens with one attached hydrogen (secondary N) is 1. The highest BCUT2D eigenvalue weighted by Gasteiger charge is 2.46. The van der Waals surface area contributed by atoms with Crippen LogP contribution >= 0.6 is 0 Å². The lowest BCUT2D eigenvalue weighted by Gasteiger charge is -2.52. The molecule has 2 aromatic heterocycles. The number of carbonyl (C=O) groups is 2.